The molecular formula is C14H23N3O. The Labute approximate surface area is 109 Å². The second kappa shape index (κ2) is 5.48. The maximum atomic E-state index is 12.1. The summed E-state index contributed by atoms with van der Waals surface area (Å²) >= 11 is 0. The molecule has 0 radical (unpaired) electrons. The van der Waals surface area contributed by atoms with Crippen molar-refractivity contribution >= 4 is 5.91 Å². The van der Waals surface area contributed by atoms with Crippen molar-refractivity contribution in [1.29, 1.82) is 0 Å². The number of nitrogens with two attached hydrogens (primary N) is 1. The van der Waals surface area contributed by atoms with Crippen LogP contribution in [0, 0.1) is 5.41 Å². The summed E-state index contributed by atoms with van der Waals surface area (Å²) in [7, 11) is 0. The van der Waals surface area contributed by atoms with Crippen molar-refractivity contribution in [2.24, 2.45) is 11.1 Å². The smallest absolute Gasteiger partial charge is 0.227 e. The molecule has 0 fully saturated rings. The third-order valence-electron chi connectivity index (χ3n) is 3.57. The van der Waals surface area contributed by atoms with E-state index in [1.165, 1.54) is 0 Å². The molecule has 0 spiro atoms. The van der Waals surface area contributed by atoms with Crippen molar-refractivity contribution in [1.82, 2.24) is 10.3 Å². The Bertz CT molecular complexity index is 393. The van der Waals surface area contributed by atoms with Crippen molar-refractivity contribution in [3.05, 3.63) is 30.1 Å². The molecule has 3 N–H and O–H groups in total. The van der Waals surface area contributed by atoms with Gasteiger partial charge < -0.3 is 11.1 Å². The summed E-state index contributed by atoms with van der Waals surface area (Å²) in [5.74, 6) is -0.0223. The Hall–Kier alpha value is -1.42. The minimum absolute atomic E-state index is 0.0223. The number of pyridine rings is 1. The number of aromatic nitrogens is 1. The highest BCUT2D eigenvalue weighted by atomic mass is 16.2. The van der Waals surface area contributed by atoms with Gasteiger partial charge in [0.05, 0.1) is 5.41 Å². The molecule has 1 amide bonds. The normalized spacial score (nSPS) is 12.3. The summed E-state index contributed by atoms with van der Waals surface area (Å²) in [6.07, 6.45) is 2.48. The van der Waals surface area contributed by atoms with Gasteiger partial charge in [0.2, 0.25) is 5.91 Å². The SMILES string of the molecule is CC(C)(N)C(C)(C)C(=O)NCCc1ccccn1. The van der Waals surface area contributed by atoms with Crippen molar-refractivity contribution in [3.8, 4) is 0 Å². The summed E-state index contributed by atoms with van der Waals surface area (Å²) in [5, 5.41) is 2.92. The third-order valence-corrected chi connectivity index (χ3v) is 3.57. The Kier molecular flexibility index (Phi) is 4.46. The number of nitrogens with zero attached hydrogens (tertiary/aromatic N) is 1. The van der Waals surface area contributed by atoms with Crippen LogP contribution >= 0.6 is 0 Å². The van der Waals surface area contributed by atoms with Gasteiger partial charge in [0, 0.05) is 30.4 Å². The Balaban J connectivity index is 2.48. The fraction of sp³-hybridized carbons (Fsp3) is 0.571. The summed E-state index contributed by atoms with van der Waals surface area (Å²) in [5.41, 5.74) is 5.84. The first-order valence-corrected chi connectivity index (χ1v) is 6.22. The van der Waals surface area contributed by atoms with E-state index >= 15 is 0 Å². The van der Waals surface area contributed by atoms with E-state index in [-0.39, 0.29) is 5.91 Å². The van der Waals surface area contributed by atoms with Gasteiger partial charge >= 0.3 is 0 Å². The predicted molar refractivity (Wildman–Crippen MR) is 73.0 cm³/mol. The lowest BCUT2D eigenvalue weighted by molar-refractivity contribution is -0.132. The van der Waals surface area contributed by atoms with Gasteiger partial charge in [-0.05, 0) is 39.8 Å². The first-order chi connectivity index (χ1) is 8.25. The first-order valence-electron chi connectivity index (χ1n) is 6.22. The van der Waals surface area contributed by atoms with Crippen LogP contribution in [0.15, 0.2) is 24.4 Å². The third kappa shape index (κ3) is 3.53. The molecule has 0 aliphatic carbocycles. The molecular weight excluding hydrogens is 226 g/mol. The van der Waals surface area contributed by atoms with E-state index in [1.54, 1.807) is 6.20 Å². The van der Waals surface area contributed by atoms with Crippen molar-refractivity contribution in [2.45, 2.75) is 39.7 Å². The molecule has 18 heavy (non-hydrogen) atoms. The lowest BCUT2D eigenvalue weighted by Crippen LogP contribution is -2.55. The van der Waals surface area contributed by atoms with Gasteiger partial charge in [0.1, 0.15) is 0 Å². The molecule has 0 saturated carbocycles. The molecule has 4 nitrogen and oxygen atoms in total. The van der Waals surface area contributed by atoms with Crippen LogP contribution in [0.1, 0.15) is 33.4 Å². The lowest BCUT2D eigenvalue weighted by atomic mass is 9.74. The van der Waals surface area contributed by atoms with E-state index in [0.29, 0.717) is 6.54 Å². The molecule has 1 aromatic rings. The largest absolute Gasteiger partial charge is 0.355 e. The van der Waals surface area contributed by atoms with Gasteiger partial charge in [-0.1, -0.05) is 6.07 Å². The van der Waals surface area contributed by atoms with Gasteiger partial charge in [0.25, 0.3) is 0 Å². The zero-order chi connectivity index (χ0) is 13.8. The second-order valence-corrected chi connectivity index (χ2v) is 5.67. The zero-order valence-corrected chi connectivity index (χ0v) is 11.7. The number of carbonyl (C=O) groups is 1. The number of carbonyl (C=O) groups excluding carboxylic acids is 1. The van der Waals surface area contributed by atoms with Gasteiger partial charge in [-0.2, -0.15) is 0 Å². The minimum atomic E-state index is -0.600. The van der Waals surface area contributed by atoms with Crippen molar-refractivity contribution in [2.75, 3.05) is 6.54 Å². The number of hydrogen-bond acceptors (Lipinski definition) is 3. The lowest BCUT2D eigenvalue weighted by Gasteiger charge is -2.36. The maximum Gasteiger partial charge on any atom is 0.227 e. The van der Waals surface area contributed by atoms with Crippen LogP contribution in [-0.2, 0) is 11.2 Å². The Morgan fingerprint density at radius 2 is 2.00 bits per heavy atom. The molecule has 1 aromatic heterocycles. The molecule has 1 heterocycles. The van der Waals surface area contributed by atoms with Crippen molar-refractivity contribution < 1.29 is 4.79 Å². The zero-order valence-electron chi connectivity index (χ0n) is 11.7. The molecule has 1 rings (SSSR count). The standard InChI is InChI=1S/C14H23N3O/c1-13(2,14(3,4)15)12(18)17-10-8-11-7-5-6-9-16-11/h5-7,9H,8,10,15H2,1-4H3,(H,17,18). The fourth-order valence-electron chi connectivity index (χ4n) is 1.36. The van der Waals surface area contributed by atoms with Crippen LogP contribution in [0.3, 0.4) is 0 Å². The predicted octanol–water partition coefficient (Wildman–Crippen LogP) is 1.50. The van der Waals surface area contributed by atoms with Gasteiger partial charge in [-0.25, -0.2) is 0 Å². The highest BCUT2D eigenvalue weighted by Gasteiger charge is 2.40. The summed E-state index contributed by atoms with van der Waals surface area (Å²) in [6, 6.07) is 5.77. The average Bonchev–Trinajstić information content (AvgIpc) is 2.28. The highest BCUT2D eigenvalue weighted by molar-refractivity contribution is 5.83. The van der Waals surface area contributed by atoms with E-state index in [0.717, 1.165) is 12.1 Å². The van der Waals surface area contributed by atoms with E-state index in [9.17, 15) is 4.79 Å². The van der Waals surface area contributed by atoms with Crippen molar-refractivity contribution in [3.63, 3.8) is 0 Å². The Morgan fingerprint density at radius 1 is 1.33 bits per heavy atom. The molecule has 4 heteroatoms. The number of rotatable bonds is 5. The highest BCUT2D eigenvalue weighted by Crippen LogP contribution is 2.28. The van der Waals surface area contributed by atoms with Gasteiger partial charge in [0.15, 0.2) is 0 Å². The fourth-order valence-corrected chi connectivity index (χ4v) is 1.36. The van der Waals surface area contributed by atoms with Crippen LogP contribution in [0.25, 0.3) is 0 Å². The minimum Gasteiger partial charge on any atom is -0.355 e. The molecule has 0 unspecified atom stereocenters. The summed E-state index contributed by atoms with van der Waals surface area (Å²) < 4.78 is 0. The topological polar surface area (TPSA) is 68.0 Å². The van der Waals surface area contributed by atoms with Crippen LogP contribution in [0.2, 0.25) is 0 Å². The molecule has 100 valence electrons. The quantitative estimate of drug-likeness (QED) is 0.831. The molecule has 0 aromatic carbocycles. The summed E-state index contributed by atoms with van der Waals surface area (Å²) in [4.78, 5) is 16.3. The van der Waals surface area contributed by atoms with Crippen LogP contribution in [-0.4, -0.2) is 23.0 Å². The van der Waals surface area contributed by atoms with E-state index in [4.69, 9.17) is 5.73 Å². The van der Waals surface area contributed by atoms with Crippen LogP contribution in [0.4, 0.5) is 0 Å². The molecule has 0 atom stereocenters. The molecule has 0 bridgehead atoms. The van der Waals surface area contributed by atoms with Gasteiger partial charge in [-0.15, -0.1) is 0 Å². The molecule has 0 saturated heterocycles. The number of nitrogens with one attached hydrogen (secondary N) is 1. The number of amides is 1. The summed E-state index contributed by atoms with van der Waals surface area (Å²) in [6.45, 7) is 8.04. The van der Waals surface area contributed by atoms with E-state index in [2.05, 4.69) is 10.3 Å². The van der Waals surface area contributed by atoms with E-state index in [1.807, 2.05) is 45.9 Å². The van der Waals surface area contributed by atoms with Gasteiger partial charge in [-0.3, -0.25) is 9.78 Å². The van der Waals surface area contributed by atoms with Crippen LogP contribution < -0.4 is 11.1 Å². The average molecular weight is 249 g/mol. The first kappa shape index (κ1) is 14.6. The monoisotopic (exact) mass is 249 g/mol. The second-order valence-electron chi connectivity index (χ2n) is 5.67. The molecule has 0 aliphatic heterocycles. The number of hydrogen-bond donors (Lipinski definition) is 2. The Morgan fingerprint density at radius 3 is 2.50 bits per heavy atom. The maximum absolute atomic E-state index is 12.1. The van der Waals surface area contributed by atoms with E-state index < -0.39 is 11.0 Å². The molecule has 0 aliphatic rings. The van der Waals surface area contributed by atoms with Crippen LogP contribution in [0.5, 0.6) is 0 Å².